The smallest absolute Gasteiger partial charge is 0.155 e. The van der Waals surface area contributed by atoms with E-state index in [1.54, 1.807) is 16.8 Å². The Hall–Kier alpha value is -3.22. The number of nitriles is 1. The summed E-state index contributed by atoms with van der Waals surface area (Å²) < 4.78 is 15.7. The van der Waals surface area contributed by atoms with Gasteiger partial charge in [0.2, 0.25) is 0 Å². The van der Waals surface area contributed by atoms with Gasteiger partial charge in [-0.25, -0.2) is 13.9 Å². The summed E-state index contributed by atoms with van der Waals surface area (Å²) in [6, 6.07) is 6.93. The average molecular weight is 464 g/mol. The summed E-state index contributed by atoms with van der Waals surface area (Å²) in [4.78, 5) is 4.79. The second-order valence-electron chi connectivity index (χ2n) is 8.63. The van der Waals surface area contributed by atoms with E-state index in [-0.39, 0.29) is 5.03 Å². The lowest BCUT2D eigenvalue weighted by Gasteiger charge is -2.30. The largest absolute Gasteiger partial charge is 0.312 e. The first-order valence-corrected chi connectivity index (χ1v) is 11.6. The Labute approximate surface area is 196 Å². The second kappa shape index (κ2) is 9.73. The molecule has 4 aromatic heterocycles. The van der Waals surface area contributed by atoms with Gasteiger partial charge in [-0.1, -0.05) is 18.2 Å². The third-order valence-electron chi connectivity index (χ3n) is 5.60. The van der Waals surface area contributed by atoms with Gasteiger partial charge in [0.15, 0.2) is 5.82 Å². The molecular weight excluding hydrogens is 437 g/mol. The molecule has 1 aliphatic rings. The van der Waals surface area contributed by atoms with Crippen LogP contribution in [0.2, 0.25) is 0 Å². The van der Waals surface area contributed by atoms with E-state index in [2.05, 4.69) is 45.5 Å². The predicted octanol–water partition coefficient (Wildman–Crippen LogP) is 5.13. The Morgan fingerprint density at radius 2 is 2.12 bits per heavy atom. The number of aromatic amines is 1. The first-order valence-electron chi connectivity index (χ1n) is 10.8. The van der Waals surface area contributed by atoms with Gasteiger partial charge in [0.1, 0.15) is 11.1 Å². The Balaban J connectivity index is 0.000000275. The molecule has 5 heterocycles. The third kappa shape index (κ3) is 5.24. The molecule has 0 bridgehead atoms. The molecule has 5 rings (SSSR count). The lowest BCUT2D eigenvalue weighted by atomic mass is 9.93. The summed E-state index contributed by atoms with van der Waals surface area (Å²) in [5.74, 6) is -0.409. The first-order chi connectivity index (χ1) is 15.9. The van der Waals surface area contributed by atoms with E-state index >= 15 is 0 Å². The molecular formula is C24H26FN7S. The molecule has 0 spiro atoms. The molecule has 1 fully saturated rings. The van der Waals surface area contributed by atoms with Crippen molar-refractivity contribution in [1.29, 1.82) is 5.26 Å². The van der Waals surface area contributed by atoms with E-state index < -0.39 is 5.82 Å². The first kappa shape index (κ1) is 23.0. The van der Waals surface area contributed by atoms with E-state index in [1.165, 1.54) is 56.0 Å². The van der Waals surface area contributed by atoms with Crippen LogP contribution in [0.5, 0.6) is 0 Å². The number of hydrogen-bond acceptors (Lipinski definition) is 6. The van der Waals surface area contributed by atoms with Crippen molar-refractivity contribution in [1.82, 2.24) is 30.1 Å². The Bertz CT molecular complexity index is 1290. The zero-order valence-corrected chi connectivity index (χ0v) is 19.7. The number of hydrogen-bond donors (Lipinski definition) is 2. The van der Waals surface area contributed by atoms with E-state index in [4.69, 9.17) is 0 Å². The number of piperidine rings is 1. The maximum Gasteiger partial charge on any atom is 0.155 e. The van der Waals surface area contributed by atoms with Crippen LogP contribution in [0.3, 0.4) is 0 Å². The monoisotopic (exact) mass is 463 g/mol. The molecule has 170 valence electrons. The van der Waals surface area contributed by atoms with Crippen molar-refractivity contribution in [2.24, 2.45) is 0 Å². The summed E-state index contributed by atoms with van der Waals surface area (Å²) >= 11 is 1.17. The van der Waals surface area contributed by atoms with Gasteiger partial charge < -0.3 is 5.32 Å². The van der Waals surface area contributed by atoms with Crippen LogP contribution in [0.1, 0.15) is 44.4 Å². The van der Waals surface area contributed by atoms with Gasteiger partial charge in [-0.15, -0.1) is 0 Å². The molecule has 0 atom stereocenters. The molecule has 9 heteroatoms. The van der Waals surface area contributed by atoms with Crippen LogP contribution >= 0.6 is 11.8 Å². The number of H-pyrrole nitrogens is 1. The van der Waals surface area contributed by atoms with Gasteiger partial charge in [0, 0.05) is 39.6 Å². The molecule has 1 aliphatic heterocycles. The Morgan fingerprint density at radius 3 is 2.73 bits per heavy atom. The molecule has 0 amide bonds. The summed E-state index contributed by atoms with van der Waals surface area (Å²) in [6.07, 6.45) is 10.7. The van der Waals surface area contributed by atoms with Crippen LogP contribution in [0, 0.1) is 24.1 Å². The molecule has 2 N–H and O–H groups in total. The summed E-state index contributed by atoms with van der Waals surface area (Å²) in [6.45, 7) is 7.67. The highest BCUT2D eigenvalue weighted by atomic mass is 32.2. The van der Waals surface area contributed by atoms with Crippen molar-refractivity contribution < 1.29 is 4.39 Å². The van der Waals surface area contributed by atoms with Crippen LogP contribution < -0.4 is 5.32 Å². The van der Waals surface area contributed by atoms with Crippen LogP contribution in [-0.4, -0.2) is 36.9 Å². The lowest BCUT2D eigenvalue weighted by molar-refractivity contribution is 0.304. The van der Waals surface area contributed by atoms with Crippen LogP contribution in [0.4, 0.5) is 4.39 Å². The number of aromatic nitrogens is 5. The van der Waals surface area contributed by atoms with Crippen LogP contribution in [-0.2, 0) is 0 Å². The fourth-order valence-corrected chi connectivity index (χ4v) is 4.76. The highest BCUT2D eigenvalue weighted by Crippen LogP contribution is 2.36. The van der Waals surface area contributed by atoms with Gasteiger partial charge >= 0.3 is 0 Å². The predicted molar refractivity (Wildman–Crippen MR) is 126 cm³/mol. The normalized spacial score (nSPS) is 15.0. The molecule has 7 nitrogen and oxygen atoms in total. The van der Waals surface area contributed by atoms with Gasteiger partial charge in [-0.2, -0.15) is 15.5 Å². The van der Waals surface area contributed by atoms with Gasteiger partial charge in [-0.3, -0.25) is 5.10 Å². The van der Waals surface area contributed by atoms with Crippen molar-refractivity contribution in [3.63, 3.8) is 0 Å². The topological polar surface area (TPSA) is 94.7 Å². The number of fused-ring (bicyclic) bond motifs is 1. The molecule has 33 heavy (non-hydrogen) atoms. The summed E-state index contributed by atoms with van der Waals surface area (Å²) in [7, 11) is 0. The van der Waals surface area contributed by atoms with Crippen molar-refractivity contribution in [2.75, 3.05) is 6.54 Å². The van der Waals surface area contributed by atoms with Crippen molar-refractivity contribution in [3.8, 4) is 17.2 Å². The number of rotatable bonds is 3. The fraction of sp³-hybridized carbons (Fsp3) is 0.333. The maximum absolute atomic E-state index is 14.0. The number of nitrogens with one attached hydrogen (secondary N) is 2. The molecule has 0 aliphatic carbocycles. The van der Waals surface area contributed by atoms with Crippen molar-refractivity contribution >= 4 is 17.3 Å². The second-order valence-corrected chi connectivity index (χ2v) is 9.66. The van der Waals surface area contributed by atoms with E-state index in [0.717, 1.165) is 16.8 Å². The van der Waals surface area contributed by atoms with E-state index in [0.29, 0.717) is 21.5 Å². The zero-order valence-electron chi connectivity index (χ0n) is 18.9. The lowest BCUT2D eigenvalue weighted by Crippen LogP contribution is -2.42. The fourth-order valence-electron chi connectivity index (χ4n) is 3.79. The third-order valence-corrected chi connectivity index (χ3v) is 6.63. The quantitative estimate of drug-likeness (QED) is 0.437. The minimum atomic E-state index is -0.409. The van der Waals surface area contributed by atoms with Crippen molar-refractivity contribution in [2.45, 2.75) is 55.5 Å². The minimum absolute atomic E-state index is 0.246. The molecule has 0 saturated carbocycles. The molecule has 0 unspecified atom stereocenters. The maximum atomic E-state index is 14.0. The van der Waals surface area contributed by atoms with Gasteiger partial charge in [0.25, 0.3) is 0 Å². The number of halogens is 1. The Kier molecular flexibility index (Phi) is 6.77. The highest BCUT2D eigenvalue weighted by Gasteiger charge is 2.19. The standard InChI is InChI=1S/C17H11FN6S.C7H15N/c1-10-13(8-21-23-10)11-5-15(25-17-14(18)3-2-4-20-17)16-12(6-19)7-22-24(16)9-11;1-7(2)5-3-4-6-8-7/h2-5,7-9H,1H3,(H,21,23);8H,3-6H2,1-2H3. The Morgan fingerprint density at radius 1 is 1.27 bits per heavy atom. The van der Waals surface area contributed by atoms with Crippen LogP contribution in [0.15, 0.2) is 52.9 Å². The number of pyridine rings is 2. The highest BCUT2D eigenvalue weighted by molar-refractivity contribution is 7.99. The average Bonchev–Trinajstić information content (AvgIpc) is 3.41. The number of nitrogens with zero attached hydrogens (tertiary/aromatic N) is 5. The van der Waals surface area contributed by atoms with Crippen molar-refractivity contribution in [3.05, 3.63) is 60.1 Å². The molecule has 0 radical (unpaired) electrons. The summed E-state index contributed by atoms with van der Waals surface area (Å²) in [5, 5.41) is 24.2. The van der Waals surface area contributed by atoms with Gasteiger partial charge in [-0.05, 0) is 58.4 Å². The summed E-state index contributed by atoms with van der Waals surface area (Å²) in [5.41, 5.74) is 4.17. The number of aryl methyl sites for hydroxylation is 1. The van der Waals surface area contributed by atoms with Gasteiger partial charge in [0.05, 0.1) is 23.5 Å². The molecule has 4 aromatic rings. The molecule has 1 saturated heterocycles. The zero-order chi connectivity index (χ0) is 23.4. The SMILES string of the molecule is CC1(C)CCCCN1.Cc1[nH]ncc1-c1cc(Sc2ncccc2F)c2c(C#N)cnn2c1. The molecule has 0 aromatic carbocycles. The van der Waals surface area contributed by atoms with E-state index in [9.17, 15) is 9.65 Å². The van der Waals surface area contributed by atoms with E-state index in [1.807, 2.05) is 19.2 Å². The van der Waals surface area contributed by atoms with Crippen LogP contribution in [0.25, 0.3) is 16.6 Å². The minimum Gasteiger partial charge on any atom is -0.312 e.